The smallest absolute Gasteiger partial charge is 0.279 e. The van der Waals surface area contributed by atoms with Crippen LogP contribution >= 0.6 is 11.6 Å². The number of para-hydroxylation sites is 1. The van der Waals surface area contributed by atoms with E-state index in [9.17, 15) is 4.79 Å². The van der Waals surface area contributed by atoms with Crippen molar-refractivity contribution >= 4 is 22.8 Å². The number of aryl methyl sites for hydroxylation is 1. The summed E-state index contributed by atoms with van der Waals surface area (Å²) in [6.45, 7) is 0. The Morgan fingerprint density at radius 2 is 1.83 bits per heavy atom. The fourth-order valence-corrected chi connectivity index (χ4v) is 2.15. The molecule has 0 aliphatic rings. The zero-order valence-electron chi connectivity index (χ0n) is 9.67. The minimum absolute atomic E-state index is 0.133. The second-order valence-corrected chi connectivity index (χ2v) is 4.38. The third-order valence-electron chi connectivity index (χ3n) is 2.87. The highest BCUT2D eigenvalue weighted by atomic mass is 35.5. The van der Waals surface area contributed by atoms with E-state index in [-0.39, 0.29) is 5.69 Å². The van der Waals surface area contributed by atoms with Gasteiger partial charge in [-0.15, -0.1) is 0 Å². The van der Waals surface area contributed by atoms with E-state index < -0.39 is 0 Å². The Morgan fingerprint density at radius 3 is 2.56 bits per heavy atom. The molecule has 0 aliphatic heterocycles. The van der Waals surface area contributed by atoms with Crippen LogP contribution in [-0.2, 0) is 7.05 Å². The van der Waals surface area contributed by atoms with Crippen molar-refractivity contribution in [2.24, 2.45) is 7.05 Å². The quantitative estimate of drug-likeness (QED) is 0.630. The van der Waals surface area contributed by atoms with Crippen molar-refractivity contribution in [3.05, 3.63) is 58.1 Å². The molecule has 0 unspecified atom stereocenters. The van der Waals surface area contributed by atoms with E-state index in [4.69, 9.17) is 11.6 Å². The maximum atomic E-state index is 12.2. The Labute approximate surface area is 108 Å². The summed E-state index contributed by atoms with van der Waals surface area (Å²) in [4.78, 5) is 16.4. The normalized spacial score (nSPS) is 11.0. The third kappa shape index (κ3) is 1.54. The maximum Gasteiger partial charge on any atom is 0.334 e. The van der Waals surface area contributed by atoms with Gasteiger partial charge in [-0.2, -0.15) is 0 Å². The first kappa shape index (κ1) is 11.0. The molecule has 1 aromatic carbocycles. The fraction of sp³-hybridized carbons (Fsp3) is 0.0769. The Morgan fingerprint density at radius 1 is 1.11 bits per heavy atom. The number of halogens is 1. The van der Waals surface area contributed by atoms with Crippen molar-refractivity contribution in [2.75, 3.05) is 0 Å². The minimum atomic E-state index is -0.133. The Kier molecular flexibility index (Phi) is 2.45. The molecule has 0 saturated heterocycles. The summed E-state index contributed by atoms with van der Waals surface area (Å²) in [6.07, 6.45) is 0. The summed E-state index contributed by atoms with van der Waals surface area (Å²) in [5.41, 5.74) is 2.01. The monoisotopic (exact) mass is 259 g/mol. The van der Waals surface area contributed by atoms with Crippen molar-refractivity contribution in [3.63, 3.8) is 0 Å². The number of imidazole rings is 1. The number of hydrogen-bond acceptors (Lipinski definition) is 2. The summed E-state index contributed by atoms with van der Waals surface area (Å²) in [5, 5.41) is 0.378. The molecule has 3 rings (SSSR count). The van der Waals surface area contributed by atoms with Crippen LogP contribution in [0.25, 0.3) is 16.9 Å². The molecule has 2 aromatic heterocycles. The standard InChI is InChI=1S/C13H10ClN3O/c1-16-12-10(7-8-11(14)15-12)17(13(16)18)9-5-3-2-4-6-9/h2-8H,1H3. The lowest BCUT2D eigenvalue weighted by Crippen LogP contribution is -2.20. The minimum Gasteiger partial charge on any atom is -0.279 e. The molecule has 18 heavy (non-hydrogen) atoms. The lowest BCUT2D eigenvalue weighted by atomic mass is 10.3. The van der Waals surface area contributed by atoms with Gasteiger partial charge in [0, 0.05) is 7.05 Å². The van der Waals surface area contributed by atoms with Crippen molar-refractivity contribution < 1.29 is 0 Å². The van der Waals surface area contributed by atoms with Crippen LogP contribution in [0.3, 0.4) is 0 Å². The largest absolute Gasteiger partial charge is 0.334 e. The Balaban J connectivity index is 2.44. The fourth-order valence-electron chi connectivity index (χ4n) is 2.01. The molecule has 0 bridgehead atoms. The van der Waals surface area contributed by atoms with Gasteiger partial charge in [0.15, 0.2) is 5.65 Å². The van der Waals surface area contributed by atoms with Gasteiger partial charge in [0.25, 0.3) is 0 Å². The van der Waals surface area contributed by atoms with Gasteiger partial charge < -0.3 is 0 Å². The van der Waals surface area contributed by atoms with Crippen molar-refractivity contribution in [2.45, 2.75) is 0 Å². The molecule has 0 fully saturated rings. The first-order chi connectivity index (χ1) is 8.68. The lowest BCUT2D eigenvalue weighted by Gasteiger charge is -2.01. The highest BCUT2D eigenvalue weighted by molar-refractivity contribution is 6.29. The summed E-state index contributed by atoms with van der Waals surface area (Å²) in [5.74, 6) is 0. The van der Waals surface area contributed by atoms with Crippen LogP contribution in [0.2, 0.25) is 5.15 Å². The number of fused-ring (bicyclic) bond motifs is 1. The molecule has 4 nitrogen and oxygen atoms in total. The molecule has 0 N–H and O–H groups in total. The molecule has 0 saturated carbocycles. The predicted molar refractivity (Wildman–Crippen MR) is 71.3 cm³/mol. The van der Waals surface area contributed by atoms with Gasteiger partial charge in [-0.1, -0.05) is 29.8 Å². The van der Waals surface area contributed by atoms with Crippen LogP contribution in [0.4, 0.5) is 0 Å². The molecule has 0 amide bonds. The first-order valence-electron chi connectivity index (χ1n) is 5.48. The van der Waals surface area contributed by atoms with Crippen LogP contribution in [-0.4, -0.2) is 14.1 Å². The number of pyridine rings is 1. The molecule has 0 radical (unpaired) electrons. The second-order valence-electron chi connectivity index (χ2n) is 3.99. The zero-order valence-corrected chi connectivity index (χ0v) is 10.4. The zero-order chi connectivity index (χ0) is 12.7. The summed E-state index contributed by atoms with van der Waals surface area (Å²) in [6, 6.07) is 13.0. The van der Waals surface area contributed by atoms with Crippen LogP contribution in [0, 0.1) is 0 Å². The lowest BCUT2D eigenvalue weighted by molar-refractivity contribution is 0.839. The van der Waals surface area contributed by atoms with E-state index in [0.717, 1.165) is 11.2 Å². The number of benzene rings is 1. The highest BCUT2D eigenvalue weighted by Gasteiger charge is 2.13. The predicted octanol–water partition coefficient (Wildman–Crippen LogP) is 2.38. The van der Waals surface area contributed by atoms with E-state index in [1.165, 1.54) is 4.57 Å². The molecule has 5 heteroatoms. The van der Waals surface area contributed by atoms with Gasteiger partial charge in [0.1, 0.15) is 5.15 Å². The molecule has 0 aliphatic carbocycles. The molecule has 0 spiro atoms. The van der Waals surface area contributed by atoms with E-state index in [1.54, 1.807) is 23.7 Å². The number of aromatic nitrogens is 3. The average Bonchev–Trinajstić information content (AvgIpc) is 2.64. The van der Waals surface area contributed by atoms with Crippen LogP contribution in [0.15, 0.2) is 47.3 Å². The number of rotatable bonds is 1. The van der Waals surface area contributed by atoms with Crippen LogP contribution < -0.4 is 5.69 Å². The van der Waals surface area contributed by atoms with Gasteiger partial charge in [-0.05, 0) is 24.3 Å². The van der Waals surface area contributed by atoms with E-state index >= 15 is 0 Å². The Hall–Kier alpha value is -2.07. The molecule has 90 valence electrons. The first-order valence-corrected chi connectivity index (χ1v) is 5.85. The summed E-state index contributed by atoms with van der Waals surface area (Å²) < 4.78 is 3.12. The highest BCUT2D eigenvalue weighted by Crippen LogP contribution is 2.17. The molecular formula is C13H10ClN3O. The van der Waals surface area contributed by atoms with Gasteiger partial charge in [-0.25, -0.2) is 9.78 Å². The maximum absolute atomic E-state index is 12.2. The molecule has 2 heterocycles. The third-order valence-corrected chi connectivity index (χ3v) is 3.08. The summed E-state index contributed by atoms with van der Waals surface area (Å²) >= 11 is 5.86. The van der Waals surface area contributed by atoms with Crippen molar-refractivity contribution in [3.8, 4) is 5.69 Å². The van der Waals surface area contributed by atoms with Gasteiger partial charge in [-0.3, -0.25) is 9.13 Å². The number of nitrogens with zero attached hydrogens (tertiary/aromatic N) is 3. The molecule has 0 atom stereocenters. The van der Waals surface area contributed by atoms with E-state index in [1.807, 2.05) is 30.3 Å². The van der Waals surface area contributed by atoms with E-state index in [2.05, 4.69) is 4.98 Å². The van der Waals surface area contributed by atoms with Gasteiger partial charge >= 0.3 is 5.69 Å². The van der Waals surface area contributed by atoms with Crippen LogP contribution in [0.5, 0.6) is 0 Å². The van der Waals surface area contributed by atoms with Crippen LogP contribution in [0.1, 0.15) is 0 Å². The topological polar surface area (TPSA) is 39.8 Å². The van der Waals surface area contributed by atoms with Gasteiger partial charge in [0.2, 0.25) is 0 Å². The summed E-state index contributed by atoms with van der Waals surface area (Å²) in [7, 11) is 1.69. The van der Waals surface area contributed by atoms with Crippen molar-refractivity contribution in [1.82, 2.24) is 14.1 Å². The molecule has 3 aromatic rings. The second kappa shape index (κ2) is 3.99. The number of hydrogen-bond donors (Lipinski definition) is 0. The Bertz CT molecular complexity index is 774. The van der Waals surface area contributed by atoms with E-state index in [0.29, 0.717) is 10.8 Å². The van der Waals surface area contributed by atoms with Crippen molar-refractivity contribution in [1.29, 1.82) is 0 Å². The average molecular weight is 260 g/mol. The SMILES string of the molecule is Cn1c(=O)n(-c2ccccc2)c2ccc(Cl)nc21. The molecular weight excluding hydrogens is 250 g/mol. The van der Waals surface area contributed by atoms with Gasteiger partial charge in [0.05, 0.1) is 11.2 Å².